The molecular weight excluding hydrogens is 333 g/mol. The first-order valence-electron chi connectivity index (χ1n) is 6.28. The highest BCUT2D eigenvalue weighted by molar-refractivity contribution is 7.17. The van der Waals surface area contributed by atoms with Crippen LogP contribution in [-0.4, -0.2) is 35.1 Å². The smallest absolute Gasteiger partial charge is 0.325 e. The van der Waals surface area contributed by atoms with E-state index in [1.54, 1.807) is 6.92 Å². The van der Waals surface area contributed by atoms with Gasteiger partial charge in [-0.1, -0.05) is 6.08 Å². The Morgan fingerprint density at radius 3 is 2.77 bits per heavy atom. The summed E-state index contributed by atoms with van der Waals surface area (Å²) in [5, 5.41) is 4.39. The number of thiazole rings is 1. The average Bonchev–Trinajstić information content (AvgIpc) is 3.04. The van der Waals surface area contributed by atoms with Gasteiger partial charge in [-0.2, -0.15) is 24.5 Å². The number of nitrogens with zero attached hydrogens (tertiary/aromatic N) is 2. The highest BCUT2D eigenvalue weighted by atomic mass is 32.1. The van der Waals surface area contributed by atoms with Gasteiger partial charge in [-0.25, -0.2) is 4.98 Å². The van der Waals surface area contributed by atoms with Crippen molar-refractivity contribution in [1.29, 1.82) is 0 Å². The van der Waals surface area contributed by atoms with E-state index in [0.717, 1.165) is 21.8 Å². The van der Waals surface area contributed by atoms with E-state index < -0.39 is 18.6 Å². The van der Waals surface area contributed by atoms with Gasteiger partial charge >= 0.3 is 6.18 Å². The number of aromatic nitrogens is 1. The van der Waals surface area contributed by atoms with Crippen molar-refractivity contribution in [2.75, 3.05) is 13.1 Å². The van der Waals surface area contributed by atoms with Crippen LogP contribution in [0.2, 0.25) is 0 Å². The molecule has 0 saturated heterocycles. The van der Waals surface area contributed by atoms with Gasteiger partial charge in [-0.15, -0.1) is 17.9 Å². The van der Waals surface area contributed by atoms with Crippen LogP contribution in [0.1, 0.15) is 15.4 Å². The number of carbonyl (C=O) groups is 1. The number of amides is 1. The number of alkyl halides is 3. The minimum absolute atomic E-state index is 0.163. The molecule has 0 aliphatic heterocycles. The average molecular weight is 346 g/mol. The van der Waals surface area contributed by atoms with Crippen molar-refractivity contribution in [1.82, 2.24) is 9.88 Å². The standard InChI is InChI=1S/C14H13F3N2OS2/c1-3-5-19(8-14(15,16)17)13(20)11-9(2)18-12(22-11)10-4-6-21-7-10/h3-4,6-7H,1,5,8H2,2H3. The van der Waals surface area contributed by atoms with Gasteiger partial charge in [0.1, 0.15) is 16.4 Å². The fourth-order valence-corrected chi connectivity index (χ4v) is 3.59. The van der Waals surface area contributed by atoms with E-state index in [1.165, 1.54) is 17.4 Å². The summed E-state index contributed by atoms with van der Waals surface area (Å²) in [4.78, 5) is 17.6. The topological polar surface area (TPSA) is 33.2 Å². The molecule has 2 rings (SSSR count). The van der Waals surface area contributed by atoms with Gasteiger partial charge in [0.2, 0.25) is 0 Å². The summed E-state index contributed by atoms with van der Waals surface area (Å²) in [5.41, 5.74) is 1.30. The van der Waals surface area contributed by atoms with E-state index in [9.17, 15) is 18.0 Å². The fourth-order valence-electron chi connectivity index (χ4n) is 1.84. The second-order valence-corrected chi connectivity index (χ2v) is 6.31. The molecule has 0 N–H and O–H groups in total. The molecule has 0 radical (unpaired) electrons. The van der Waals surface area contributed by atoms with Crippen molar-refractivity contribution in [2.45, 2.75) is 13.1 Å². The second-order valence-electron chi connectivity index (χ2n) is 4.54. The molecule has 118 valence electrons. The number of thiophene rings is 1. The van der Waals surface area contributed by atoms with Crippen LogP contribution in [0.3, 0.4) is 0 Å². The van der Waals surface area contributed by atoms with Gasteiger partial charge < -0.3 is 4.90 Å². The Labute approximate surface area is 133 Å². The predicted molar refractivity (Wildman–Crippen MR) is 82.3 cm³/mol. The Hall–Kier alpha value is -1.67. The third-order valence-corrected chi connectivity index (χ3v) is 4.64. The molecule has 0 fully saturated rings. The first kappa shape index (κ1) is 16.7. The molecule has 0 spiro atoms. The van der Waals surface area contributed by atoms with Gasteiger partial charge in [0, 0.05) is 17.5 Å². The zero-order valence-electron chi connectivity index (χ0n) is 11.7. The molecule has 0 saturated carbocycles. The quantitative estimate of drug-likeness (QED) is 0.753. The first-order valence-corrected chi connectivity index (χ1v) is 8.04. The first-order chi connectivity index (χ1) is 10.3. The molecular formula is C14H13F3N2OS2. The fraction of sp³-hybridized carbons (Fsp3) is 0.286. The van der Waals surface area contributed by atoms with E-state index >= 15 is 0 Å². The monoisotopic (exact) mass is 346 g/mol. The van der Waals surface area contributed by atoms with Gasteiger partial charge in [0.05, 0.1) is 5.69 Å². The van der Waals surface area contributed by atoms with Crippen LogP contribution in [0, 0.1) is 6.92 Å². The summed E-state index contributed by atoms with van der Waals surface area (Å²) < 4.78 is 37.8. The molecule has 0 aliphatic rings. The second kappa shape index (κ2) is 6.62. The molecule has 0 atom stereocenters. The highest BCUT2D eigenvalue weighted by Crippen LogP contribution is 2.30. The van der Waals surface area contributed by atoms with Gasteiger partial charge in [0.15, 0.2) is 0 Å². The third kappa shape index (κ3) is 3.95. The molecule has 22 heavy (non-hydrogen) atoms. The lowest BCUT2D eigenvalue weighted by Crippen LogP contribution is -2.39. The minimum atomic E-state index is -4.45. The van der Waals surface area contributed by atoms with Crippen molar-refractivity contribution < 1.29 is 18.0 Å². The number of hydrogen-bond donors (Lipinski definition) is 0. The van der Waals surface area contributed by atoms with Crippen molar-refractivity contribution in [3.8, 4) is 10.6 Å². The normalized spacial score (nSPS) is 11.5. The maximum atomic E-state index is 12.6. The van der Waals surface area contributed by atoms with Crippen LogP contribution in [0.15, 0.2) is 29.5 Å². The molecule has 0 aromatic carbocycles. The summed E-state index contributed by atoms with van der Waals surface area (Å²) in [6.45, 7) is 3.56. The molecule has 2 aromatic heterocycles. The van der Waals surface area contributed by atoms with Crippen molar-refractivity contribution in [3.05, 3.63) is 40.1 Å². The predicted octanol–water partition coefficient (Wildman–Crippen LogP) is 4.37. The van der Waals surface area contributed by atoms with Gasteiger partial charge in [-0.3, -0.25) is 4.79 Å². The third-order valence-electron chi connectivity index (χ3n) is 2.77. The van der Waals surface area contributed by atoms with Gasteiger partial charge in [-0.05, 0) is 18.4 Å². The lowest BCUT2D eigenvalue weighted by atomic mass is 10.3. The number of rotatable bonds is 5. The minimum Gasteiger partial charge on any atom is -0.325 e. The Kier molecular flexibility index (Phi) is 5.02. The summed E-state index contributed by atoms with van der Waals surface area (Å²) in [6.07, 6.45) is -3.17. The summed E-state index contributed by atoms with van der Waals surface area (Å²) in [6, 6.07) is 1.86. The number of halogens is 3. The zero-order chi connectivity index (χ0) is 16.3. The Balaban J connectivity index is 2.29. The van der Waals surface area contributed by atoms with E-state index in [-0.39, 0.29) is 11.4 Å². The SMILES string of the molecule is C=CCN(CC(F)(F)F)C(=O)c1sc(-c2ccsc2)nc1C. The Bertz CT molecular complexity index is 662. The molecule has 0 unspecified atom stereocenters. The molecule has 8 heteroatoms. The van der Waals surface area contributed by atoms with Gasteiger partial charge in [0.25, 0.3) is 5.91 Å². The lowest BCUT2D eigenvalue weighted by Gasteiger charge is -2.22. The van der Waals surface area contributed by atoms with Crippen LogP contribution in [0.25, 0.3) is 10.6 Å². The van der Waals surface area contributed by atoms with E-state index in [4.69, 9.17) is 0 Å². The number of carbonyl (C=O) groups excluding carboxylic acids is 1. The summed E-state index contributed by atoms with van der Waals surface area (Å²) in [5.74, 6) is -0.672. The van der Waals surface area contributed by atoms with E-state index in [2.05, 4.69) is 11.6 Å². The van der Waals surface area contributed by atoms with Crippen LogP contribution >= 0.6 is 22.7 Å². The zero-order valence-corrected chi connectivity index (χ0v) is 13.3. The molecule has 2 aromatic rings. The van der Waals surface area contributed by atoms with E-state index in [0.29, 0.717) is 10.7 Å². The number of hydrogen-bond acceptors (Lipinski definition) is 4. The lowest BCUT2D eigenvalue weighted by molar-refractivity contribution is -0.139. The van der Waals surface area contributed by atoms with Crippen LogP contribution in [0.5, 0.6) is 0 Å². The Morgan fingerprint density at radius 1 is 1.50 bits per heavy atom. The summed E-state index contributed by atoms with van der Waals surface area (Å²) in [7, 11) is 0. The van der Waals surface area contributed by atoms with Crippen molar-refractivity contribution >= 4 is 28.6 Å². The Morgan fingerprint density at radius 2 is 2.23 bits per heavy atom. The maximum Gasteiger partial charge on any atom is 0.406 e. The van der Waals surface area contributed by atoms with Crippen molar-refractivity contribution in [2.24, 2.45) is 0 Å². The largest absolute Gasteiger partial charge is 0.406 e. The molecule has 0 bridgehead atoms. The highest BCUT2D eigenvalue weighted by Gasteiger charge is 2.34. The van der Waals surface area contributed by atoms with Crippen LogP contribution in [-0.2, 0) is 0 Å². The molecule has 2 heterocycles. The van der Waals surface area contributed by atoms with E-state index in [1.807, 2.05) is 16.8 Å². The molecule has 0 aliphatic carbocycles. The molecule has 1 amide bonds. The van der Waals surface area contributed by atoms with Crippen LogP contribution < -0.4 is 0 Å². The van der Waals surface area contributed by atoms with Crippen molar-refractivity contribution in [3.63, 3.8) is 0 Å². The maximum absolute atomic E-state index is 12.6. The van der Waals surface area contributed by atoms with Crippen LogP contribution in [0.4, 0.5) is 13.2 Å². The molecule has 3 nitrogen and oxygen atoms in total. The number of aryl methyl sites for hydroxylation is 1. The summed E-state index contributed by atoms with van der Waals surface area (Å²) >= 11 is 2.60.